The maximum Gasteiger partial charge on any atom is 0.171 e. The van der Waals surface area contributed by atoms with Crippen LogP contribution in [0.15, 0.2) is 36.5 Å². The predicted octanol–water partition coefficient (Wildman–Crippen LogP) is 3.22. The van der Waals surface area contributed by atoms with Gasteiger partial charge in [0.1, 0.15) is 0 Å². The number of benzene rings is 1. The molecule has 0 bridgehead atoms. The van der Waals surface area contributed by atoms with E-state index in [0.717, 1.165) is 50.8 Å². The summed E-state index contributed by atoms with van der Waals surface area (Å²) in [6.45, 7) is 6.22. The zero-order chi connectivity index (χ0) is 23.9. The molecule has 0 amide bonds. The summed E-state index contributed by atoms with van der Waals surface area (Å²) in [5, 5.41) is 4.87. The van der Waals surface area contributed by atoms with Gasteiger partial charge in [0.15, 0.2) is 5.11 Å². The van der Waals surface area contributed by atoms with Crippen LogP contribution in [0.25, 0.3) is 0 Å². The van der Waals surface area contributed by atoms with Crippen LogP contribution in [0.5, 0.6) is 0 Å². The van der Waals surface area contributed by atoms with Crippen molar-refractivity contribution in [3.8, 4) is 0 Å². The molecule has 0 saturated carbocycles. The smallest absolute Gasteiger partial charge is 0.171 e. The summed E-state index contributed by atoms with van der Waals surface area (Å²) >= 11 is 5.73. The molecule has 2 saturated heterocycles. The lowest BCUT2D eigenvalue weighted by molar-refractivity contribution is 0.190. The van der Waals surface area contributed by atoms with E-state index in [0.29, 0.717) is 18.1 Å². The van der Waals surface area contributed by atoms with Crippen LogP contribution in [0.3, 0.4) is 0 Å². The molecule has 1 aliphatic carbocycles. The summed E-state index contributed by atoms with van der Waals surface area (Å²) in [6, 6.07) is 12.7. The first kappa shape index (κ1) is 23.2. The van der Waals surface area contributed by atoms with Crippen LogP contribution >= 0.6 is 12.2 Å². The van der Waals surface area contributed by atoms with E-state index in [1.54, 1.807) is 5.56 Å². The van der Waals surface area contributed by atoms with Gasteiger partial charge in [-0.15, -0.1) is 0 Å². The Kier molecular flexibility index (Phi) is 6.41. The van der Waals surface area contributed by atoms with Crippen molar-refractivity contribution in [1.82, 2.24) is 25.0 Å². The highest BCUT2D eigenvalue weighted by Gasteiger charge is 2.35. The molecule has 1 aromatic carbocycles. The van der Waals surface area contributed by atoms with Crippen LogP contribution in [0, 0.1) is 0 Å². The number of hydrogen-bond acceptors (Lipinski definition) is 5. The molecule has 35 heavy (non-hydrogen) atoms. The SMILES string of the molecule is CN1CC[C@@H]2CN(c3cccc4c3C[C@H](CN(C)[C@H]3CCCc5cccnc53)NC4)CCN2C1=S. The Hall–Kier alpha value is -2.22. The van der Waals surface area contributed by atoms with Crippen LogP contribution in [-0.4, -0.2) is 83.7 Å². The van der Waals surface area contributed by atoms with Gasteiger partial charge in [-0.25, -0.2) is 0 Å². The summed E-state index contributed by atoms with van der Waals surface area (Å²) in [5.41, 5.74) is 7.20. The molecule has 2 fully saturated rings. The minimum absolute atomic E-state index is 0.430. The van der Waals surface area contributed by atoms with E-state index < -0.39 is 0 Å². The van der Waals surface area contributed by atoms with Gasteiger partial charge >= 0.3 is 0 Å². The Bertz CT molecular complexity index is 1090. The highest BCUT2D eigenvalue weighted by molar-refractivity contribution is 7.80. The standard InChI is InChI=1S/C28H38N6S/c1-31-13-11-23-19-33(14-15-34(23)28(31)35)25-9-4-7-21-17-30-22(16-24(21)25)18-32(2)26-10-3-6-20-8-5-12-29-27(20)26/h4-5,7-9,12,22-23,26,30H,3,6,10-11,13-19H2,1-2H3/t22-,23-,26+/m1/s1. The van der Waals surface area contributed by atoms with Crippen molar-refractivity contribution in [2.24, 2.45) is 0 Å². The van der Waals surface area contributed by atoms with Crippen molar-refractivity contribution in [2.45, 2.75) is 56.8 Å². The zero-order valence-corrected chi connectivity index (χ0v) is 21.9. The minimum Gasteiger partial charge on any atom is -0.367 e. The van der Waals surface area contributed by atoms with Gasteiger partial charge in [-0.1, -0.05) is 18.2 Å². The Balaban J connectivity index is 1.17. The monoisotopic (exact) mass is 490 g/mol. The lowest BCUT2D eigenvalue weighted by atomic mass is 9.89. The Morgan fingerprint density at radius 1 is 1.11 bits per heavy atom. The van der Waals surface area contributed by atoms with Crippen LogP contribution in [0.1, 0.15) is 47.7 Å². The third-order valence-electron chi connectivity index (χ3n) is 8.68. The number of aromatic nitrogens is 1. The second kappa shape index (κ2) is 9.68. The number of anilines is 1. The molecular formula is C28H38N6S. The quantitative estimate of drug-likeness (QED) is 0.660. The van der Waals surface area contributed by atoms with Crippen molar-refractivity contribution in [2.75, 3.05) is 51.7 Å². The normalized spacial score (nSPS) is 26.4. The maximum atomic E-state index is 5.73. The minimum atomic E-state index is 0.430. The van der Waals surface area contributed by atoms with Gasteiger partial charge < -0.3 is 20.0 Å². The number of aryl methyl sites for hydroxylation is 1. The number of piperazine rings is 1. The fourth-order valence-corrected chi connectivity index (χ4v) is 7.07. The molecule has 4 aliphatic rings. The summed E-state index contributed by atoms with van der Waals surface area (Å²) in [6.07, 6.45) is 7.87. The molecule has 4 heterocycles. The van der Waals surface area contributed by atoms with E-state index in [9.17, 15) is 0 Å². The summed E-state index contributed by atoms with van der Waals surface area (Å²) in [4.78, 5) is 14.7. The molecule has 3 aliphatic heterocycles. The summed E-state index contributed by atoms with van der Waals surface area (Å²) in [7, 11) is 4.42. The van der Waals surface area contributed by atoms with E-state index in [-0.39, 0.29) is 0 Å². The van der Waals surface area contributed by atoms with Gasteiger partial charge in [-0.3, -0.25) is 9.88 Å². The highest BCUT2D eigenvalue weighted by Crippen LogP contribution is 2.34. The van der Waals surface area contributed by atoms with Gasteiger partial charge in [0.25, 0.3) is 0 Å². The van der Waals surface area contributed by atoms with Gasteiger partial charge in [-0.05, 0) is 80.2 Å². The molecule has 6 nitrogen and oxygen atoms in total. The molecule has 7 heteroatoms. The van der Waals surface area contributed by atoms with Crippen molar-refractivity contribution in [1.29, 1.82) is 0 Å². The van der Waals surface area contributed by atoms with E-state index in [1.807, 2.05) is 6.20 Å². The number of hydrogen-bond donors (Lipinski definition) is 1. The number of fused-ring (bicyclic) bond motifs is 3. The van der Waals surface area contributed by atoms with E-state index in [4.69, 9.17) is 17.2 Å². The number of rotatable bonds is 4. The second-order valence-electron chi connectivity index (χ2n) is 10.9. The first-order valence-electron chi connectivity index (χ1n) is 13.3. The third-order valence-corrected chi connectivity index (χ3v) is 9.23. The molecule has 3 atom stereocenters. The first-order chi connectivity index (χ1) is 17.1. The Morgan fingerprint density at radius 3 is 2.91 bits per heavy atom. The second-order valence-corrected chi connectivity index (χ2v) is 11.2. The van der Waals surface area contributed by atoms with Gasteiger partial charge in [-0.2, -0.15) is 0 Å². The van der Waals surface area contributed by atoms with Gasteiger partial charge in [0.2, 0.25) is 0 Å². The molecule has 0 unspecified atom stereocenters. The molecule has 0 spiro atoms. The van der Waals surface area contributed by atoms with E-state index >= 15 is 0 Å². The summed E-state index contributed by atoms with van der Waals surface area (Å²) < 4.78 is 0. The number of nitrogens with one attached hydrogen (secondary N) is 1. The molecule has 6 rings (SSSR count). The number of thiocarbonyl (C=S) groups is 1. The highest BCUT2D eigenvalue weighted by atomic mass is 32.1. The summed E-state index contributed by atoms with van der Waals surface area (Å²) in [5.74, 6) is 0. The average molecular weight is 491 g/mol. The average Bonchev–Trinajstić information content (AvgIpc) is 2.90. The third kappa shape index (κ3) is 4.43. The molecule has 186 valence electrons. The topological polar surface area (TPSA) is 37.9 Å². The van der Waals surface area contributed by atoms with E-state index in [1.165, 1.54) is 48.2 Å². The van der Waals surface area contributed by atoms with Crippen LogP contribution in [-0.2, 0) is 19.4 Å². The fourth-order valence-electron chi connectivity index (χ4n) is 6.74. The first-order valence-corrected chi connectivity index (χ1v) is 13.7. The molecule has 2 aromatic rings. The maximum absolute atomic E-state index is 5.73. The Labute approximate surface area is 215 Å². The van der Waals surface area contributed by atoms with Crippen molar-refractivity contribution in [3.05, 3.63) is 58.9 Å². The van der Waals surface area contributed by atoms with E-state index in [2.05, 4.69) is 69.3 Å². The van der Waals surface area contributed by atoms with Gasteiger partial charge in [0.05, 0.1) is 17.8 Å². The fraction of sp³-hybridized carbons (Fsp3) is 0.571. The van der Waals surface area contributed by atoms with Crippen molar-refractivity contribution in [3.63, 3.8) is 0 Å². The van der Waals surface area contributed by atoms with Crippen LogP contribution < -0.4 is 10.2 Å². The predicted molar refractivity (Wildman–Crippen MR) is 146 cm³/mol. The van der Waals surface area contributed by atoms with Gasteiger partial charge in [0, 0.05) is 64.2 Å². The largest absolute Gasteiger partial charge is 0.367 e. The lowest BCUT2D eigenvalue weighted by Gasteiger charge is -2.49. The molecule has 1 N–H and O–H groups in total. The zero-order valence-electron chi connectivity index (χ0n) is 21.1. The van der Waals surface area contributed by atoms with Crippen molar-refractivity contribution < 1.29 is 0 Å². The number of pyridine rings is 1. The molecule has 0 radical (unpaired) electrons. The molecule has 1 aromatic heterocycles. The number of likely N-dealkylation sites (N-methyl/N-ethyl adjacent to an activating group) is 1. The Morgan fingerprint density at radius 2 is 2.00 bits per heavy atom. The number of nitrogens with zero attached hydrogens (tertiary/aromatic N) is 5. The molecular weight excluding hydrogens is 452 g/mol. The van der Waals surface area contributed by atoms with Crippen molar-refractivity contribution >= 4 is 23.0 Å². The van der Waals surface area contributed by atoms with Crippen LogP contribution in [0.4, 0.5) is 5.69 Å². The van der Waals surface area contributed by atoms with Crippen LogP contribution in [0.2, 0.25) is 0 Å². The lowest BCUT2D eigenvalue weighted by Crippen LogP contribution is -2.61.